The number of nitrogens with zero attached hydrogens (tertiary/aromatic N) is 2. The van der Waals surface area contributed by atoms with Gasteiger partial charge < -0.3 is 10.2 Å². The Hall–Kier alpha value is -2.12. The third-order valence-electron chi connectivity index (χ3n) is 3.21. The predicted octanol–water partition coefficient (Wildman–Crippen LogP) is 4.32. The van der Waals surface area contributed by atoms with Crippen LogP contribution in [0.2, 0.25) is 5.02 Å². The summed E-state index contributed by atoms with van der Waals surface area (Å²) >= 11 is 7.53. The lowest BCUT2D eigenvalue weighted by Crippen LogP contribution is -1.91. The van der Waals surface area contributed by atoms with E-state index in [4.69, 9.17) is 21.8 Å². The molecule has 0 aliphatic heterocycles. The number of pyridine rings is 1. The van der Waals surface area contributed by atoms with E-state index in [9.17, 15) is 10.1 Å². The first-order chi connectivity index (χ1) is 9.90. The number of hydrogen-bond acceptors (Lipinski definition) is 6. The Kier molecular flexibility index (Phi) is 3.11. The molecule has 6 nitrogen and oxygen atoms in total. The zero-order valence-corrected chi connectivity index (χ0v) is 12.7. The van der Waals surface area contributed by atoms with Crippen LogP contribution in [0.25, 0.3) is 20.9 Å². The normalized spacial score (nSPS) is 11.2. The third-order valence-corrected chi connectivity index (χ3v) is 4.88. The van der Waals surface area contributed by atoms with E-state index >= 15 is 0 Å². The second-order valence-electron chi connectivity index (χ2n) is 4.56. The molecule has 0 atom stereocenters. The molecule has 8 heteroatoms. The van der Waals surface area contributed by atoms with Crippen molar-refractivity contribution >= 4 is 44.7 Å². The maximum atomic E-state index is 10.7. The Morgan fingerprint density at radius 2 is 2.14 bits per heavy atom. The van der Waals surface area contributed by atoms with Gasteiger partial charge in [-0.15, -0.1) is 11.3 Å². The van der Waals surface area contributed by atoms with Crippen LogP contribution in [-0.4, -0.2) is 9.91 Å². The minimum atomic E-state index is -0.586. The Balaban J connectivity index is 2.26. The number of rotatable bonds is 2. The Bertz CT molecular complexity index is 885. The summed E-state index contributed by atoms with van der Waals surface area (Å²) in [5.41, 5.74) is 8.21. The molecule has 0 bridgehead atoms. The molecule has 0 amide bonds. The zero-order chi connectivity index (χ0) is 15.3. The van der Waals surface area contributed by atoms with E-state index in [2.05, 4.69) is 4.98 Å². The van der Waals surface area contributed by atoms with Crippen molar-refractivity contribution in [3.63, 3.8) is 0 Å². The highest BCUT2D eigenvalue weighted by molar-refractivity contribution is 7.22. The van der Waals surface area contributed by atoms with E-state index in [1.807, 2.05) is 13.8 Å². The van der Waals surface area contributed by atoms with Gasteiger partial charge in [0.2, 0.25) is 0 Å². The number of nitro groups is 1. The van der Waals surface area contributed by atoms with Crippen LogP contribution < -0.4 is 5.73 Å². The van der Waals surface area contributed by atoms with Crippen LogP contribution in [0.15, 0.2) is 16.5 Å². The van der Waals surface area contributed by atoms with E-state index < -0.39 is 4.92 Å². The molecule has 3 aromatic heterocycles. The smallest absolute Gasteiger partial charge is 0.400 e. The SMILES string of the molecule is Cc1nc2sc(-c3ccc([N+](=O)[O-])o3)c(N)c2c(C)c1Cl. The highest BCUT2D eigenvalue weighted by Gasteiger charge is 2.21. The fourth-order valence-electron chi connectivity index (χ4n) is 2.19. The van der Waals surface area contributed by atoms with Gasteiger partial charge in [-0.3, -0.25) is 10.1 Å². The minimum Gasteiger partial charge on any atom is -0.400 e. The van der Waals surface area contributed by atoms with Crippen LogP contribution in [0.4, 0.5) is 11.6 Å². The average Bonchev–Trinajstić information content (AvgIpc) is 3.01. The fourth-order valence-corrected chi connectivity index (χ4v) is 3.49. The van der Waals surface area contributed by atoms with Crippen LogP contribution >= 0.6 is 22.9 Å². The summed E-state index contributed by atoms with van der Waals surface area (Å²) in [6.07, 6.45) is 0. The van der Waals surface area contributed by atoms with E-state index in [1.165, 1.54) is 23.5 Å². The van der Waals surface area contributed by atoms with Gasteiger partial charge in [-0.2, -0.15) is 0 Å². The summed E-state index contributed by atoms with van der Waals surface area (Å²) < 4.78 is 5.21. The first-order valence-corrected chi connectivity index (χ1v) is 7.19. The lowest BCUT2D eigenvalue weighted by atomic mass is 10.1. The molecule has 3 heterocycles. The molecular formula is C13H10ClN3O3S. The number of anilines is 1. The molecule has 21 heavy (non-hydrogen) atoms. The number of nitrogen functional groups attached to an aromatic ring is 1. The first-order valence-electron chi connectivity index (χ1n) is 5.99. The number of nitrogens with two attached hydrogens (primary N) is 1. The quantitative estimate of drug-likeness (QED) is 0.559. The van der Waals surface area contributed by atoms with Crippen LogP contribution in [0.3, 0.4) is 0 Å². The van der Waals surface area contributed by atoms with Crippen molar-refractivity contribution in [2.75, 3.05) is 5.73 Å². The molecular weight excluding hydrogens is 314 g/mol. The minimum absolute atomic E-state index is 0.319. The van der Waals surface area contributed by atoms with E-state index in [0.29, 0.717) is 21.3 Å². The van der Waals surface area contributed by atoms with Gasteiger partial charge in [0.05, 0.1) is 27.3 Å². The van der Waals surface area contributed by atoms with Gasteiger partial charge >= 0.3 is 5.88 Å². The van der Waals surface area contributed by atoms with Gasteiger partial charge in [-0.05, 0) is 25.5 Å². The zero-order valence-electron chi connectivity index (χ0n) is 11.1. The standard InChI is InChI=1S/C13H10ClN3O3S/c1-5-9-11(15)12(7-3-4-8(20-7)17(18)19)21-13(9)16-6(2)10(5)14/h3-4H,15H2,1-2H3. The second kappa shape index (κ2) is 4.71. The second-order valence-corrected chi connectivity index (χ2v) is 5.93. The topological polar surface area (TPSA) is 95.2 Å². The van der Waals surface area contributed by atoms with Crippen LogP contribution in [-0.2, 0) is 0 Å². The van der Waals surface area contributed by atoms with Gasteiger partial charge in [0.25, 0.3) is 0 Å². The van der Waals surface area contributed by atoms with Crippen molar-refractivity contribution in [2.24, 2.45) is 0 Å². The maximum absolute atomic E-state index is 10.7. The van der Waals surface area contributed by atoms with Gasteiger partial charge in [0, 0.05) is 5.39 Å². The Labute approximate surface area is 128 Å². The summed E-state index contributed by atoms with van der Waals surface area (Å²) in [5, 5.41) is 12.0. The summed E-state index contributed by atoms with van der Waals surface area (Å²) in [4.78, 5) is 15.9. The summed E-state index contributed by atoms with van der Waals surface area (Å²) in [6, 6.07) is 2.83. The lowest BCUT2D eigenvalue weighted by Gasteiger charge is -2.03. The summed E-state index contributed by atoms with van der Waals surface area (Å²) in [5.74, 6) is 0.0381. The average molecular weight is 324 g/mol. The van der Waals surface area contributed by atoms with Crippen molar-refractivity contribution in [1.82, 2.24) is 4.98 Å². The number of furan rings is 1. The number of thiophene rings is 1. The van der Waals surface area contributed by atoms with Crippen molar-refractivity contribution in [1.29, 1.82) is 0 Å². The maximum Gasteiger partial charge on any atom is 0.433 e. The molecule has 0 saturated heterocycles. The molecule has 3 aromatic rings. The Morgan fingerprint density at radius 1 is 1.43 bits per heavy atom. The first kappa shape index (κ1) is 13.8. The van der Waals surface area contributed by atoms with Crippen molar-refractivity contribution in [3.05, 3.63) is 38.5 Å². The van der Waals surface area contributed by atoms with Gasteiger partial charge in [0.1, 0.15) is 9.75 Å². The van der Waals surface area contributed by atoms with E-state index in [1.54, 1.807) is 0 Å². The molecule has 0 aliphatic carbocycles. The lowest BCUT2D eigenvalue weighted by molar-refractivity contribution is -0.401. The molecule has 108 valence electrons. The predicted molar refractivity (Wildman–Crippen MR) is 82.9 cm³/mol. The van der Waals surface area contributed by atoms with Gasteiger partial charge in [-0.25, -0.2) is 4.98 Å². The van der Waals surface area contributed by atoms with Crippen LogP contribution in [0.5, 0.6) is 0 Å². The largest absolute Gasteiger partial charge is 0.433 e. The molecule has 0 aliphatic rings. The van der Waals surface area contributed by atoms with Crippen LogP contribution in [0.1, 0.15) is 11.3 Å². The number of aryl methyl sites for hydroxylation is 2. The highest BCUT2D eigenvalue weighted by Crippen LogP contribution is 2.44. The summed E-state index contributed by atoms with van der Waals surface area (Å²) in [6.45, 7) is 3.69. The van der Waals surface area contributed by atoms with Crippen LogP contribution in [0, 0.1) is 24.0 Å². The molecule has 0 unspecified atom stereocenters. The Morgan fingerprint density at radius 3 is 2.76 bits per heavy atom. The number of hydrogen-bond donors (Lipinski definition) is 1. The number of fused-ring (bicyclic) bond motifs is 1. The summed E-state index contributed by atoms with van der Waals surface area (Å²) in [7, 11) is 0. The molecule has 0 saturated carbocycles. The van der Waals surface area contributed by atoms with E-state index in [-0.39, 0.29) is 5.88 Å². The molecule has 0 aromatic carbocycles. The van der Waals surface area contributed by atoms with Crippen molar-refractivity contribution in [3.8, 4) is 10.6 Å². The van der Waals surface area contributed by atoms with E-state index in [0.717, 1.165) is 21.5 Å². The molecule has 3 rings (SSSR count). The monoisotopic (exact) mass is 323 g/mol. The van der Waals surface area contributed by atoms with Crippen molar-refractivity contribution < 1.29 is 9.34 Å². The fraction of sp³-hybridized carbons (Fsp3) is 0.154. The molecule has 0 fully saturated rings. The molecule has 2 N–H and O–H groups in total. The number of aromatic nitrogens is 1. The van der Waals surface area contributed by atoms with Crippen molar-refractivity contribution in [2.45, 2.75) is 13.8 Å². The molecule has 0 spiro atoms. The number of halogens is 1. The molecule has 0 radical (unpaired) electrons. The highest BCUT2D eigenvalue weighted by atomic mass is 35.5. The third kappa shape index (κ3) is 2.05. The van der Waals surface area contributed by atoms with Gasteiger partial charge in [0.15, 0.2) is 5.76 Å². The van der Waals surface area contributed by atoms with Gasteiger partial charge in [-0.1, -0.05) is 11.6 Å².